The molecule has 0 radical (unpaired) electrons. The molecule has 0 bridgehead atoms. The Hall–Kier alpha value is -0.710. The molecule has 2 aromatic heterocycles. The molecule has 0 unspecified atom stereocenters. The lowest BCUT2D eigenvalue weighted by Crippen LogP contribution is -2.17. The van der Waals surface area contributed by atoms with Crippen LogP contribution in [0.5, 0.6) is 0 Å². The number of halogens is 1. The van der Waals surface area contributed by atoms with Gasteiger partial charge in [0.15, 0.2) is 0 Å². The van der Waals surface area contributed by atoms with E-state index >= 15 is 0 Å². The molecule has 2 heterocycles. The van der Waals surface area contributed by atoms with E-state index in [1.165, 1.54) is 4.88 Å². The summed E-state index contributed by atoms with van der Waals surface area (Å²) in [5.74, 6) is 0. The van der Waals surface area contributed by atoms with Crippen LogP contribution in [0.1, 0.15) is 10.6 Å². The monoisotopic (exact) mass is 296 g/mol. The maximum absolute atomic E-state index is 4.36. The molecule has 2 aromatic rings. The summed E-state index contributed by atoms with van der Waals surface area (Å²) in [6.07, 6.45) is 1.09. The van der Waals surface area contributed by atoms with Crippen molar-refractivity contribution in [1.29, 1.82) is 0 Å². The van der Waals surface area contributed by atoms with Gasteiger partial charge in [-0.1, -0.05) is 12.1 Å². The summed E-state index contributed by atoms with van der Waals surface area (Å²) in [4.78, 5) is 5.79. The minimum Gasteiger partial charge on any atom is -0.311 e. The second-order valence-electron chi connectivity index (χ2n) is 3.46. The van der Waals surface area contributed by atoms with E-state index in [4.69, 9.17) is 0 Å². The molecule has 0 saturated carbocycles. The van der Waals surface area contributed by atoms with Crippen LogP contribution in [-0.2, 0) is 13.0 Å². The van der Waals surface area contributed by atoms with E-state index < -0.39 is 0 Å². The zero-order valence-electron chi connectivity index (χ0n) is 8.82. The topological polar surface area (TPSA) is 24.9 Å². The molecule has 0 amide bonds. The minimum atomic E-state index is 0.824. The fourth-order valence-electron chi connectivity index (χ4n) is 1.43. The Morgan fingerprint density at radius 2 is 2.19 bits per heavy atom. The summed E-state index contributed by atoms with van der Waals surface area (Å²) < 4.78 is 0.894. The summed E-state index contributed by atoms with van der Waals surface area (Å²) >= 11 is 5.17. The largest absolute Gasteiger partial charge is 0.311 e. The van der Waals surface area contributed by atoms with E-state index in [1.807, 2.05) is 29.5 Å². The second-order valence-corrected chi connectivity index (χ2v) is 5.30. The smallest absolute Gasteiger partial charge is 0.106 e. The van der Waals surface area contributed by atoms with E-state index in [9.17, 15) is 0 Å². The zero-order valence-corrected chi connectivity index (χ0v) is 11.2. The van der Waals surface area contributed by atoms with Crippen molar-refractivity contribution in [3.63, 3.8) is 0 Å². The van der Waals surface area contributed by atoms with E-state index in [0.717, 1.165) is 29.8 Å². The van der Waals surface area contributed by atoms with Gasteiger partial charge in [0, 0.05) is 18.0 Å². The van der Waals surface area contributed by atoms with Crippen LogP contribution in [0.25, 0.3) is 0 Å². The highest BCUT2D eigenvalue weighted by Crippen LogP contribution is 2.08. The van der Waals surface area contributed by atoms with Crippen molar-refractivity contribution in [1.82, 2.24) is 10.3 Å². The first-order valence-electron chi connectivity index (χ1n) is 5.19. The van der Waals surface area contributed by atoms with Gasteiger partial charge in [-0.2, -0.15) is 0 Å². The average Bonchev–Trinajstić information content (AvgIpc) is 2.77. The number of hydrogen-bond acceptors (Lipinski definition) is 3. The van der Waals surface area contributed by atoms with Crippen LogP contribution in [0.3, 0.4) is 0 Å². The Kier molecular flexibility index (Phi) is 4.51. The van der Waals surface area contributed by atoms with E-state index in [0.29, 0.717) is 0 Å². The standard InChI is InChI=1S/C12H13BrN2S/c13-12-5-1-3-10(15-12)9-14-7-6-11-4-2-8-16-11/h1-5,8,14H,6-7,9H2. The molecule has 0 aliphatic heterocycles. The van der Waals surface area contributed by atoms with E-state index in [2.05, 4.69) is 43.7 Å². The molecule has 0 aliphatic carbocycles. The van der Waals surface area contributed by atoms with Gasteiger partial charge in [0.1, 0.15) is 4.60 Å². The lowest BCUT2D eigenvalue weighted by atomic mass is 10.3. The van der Waals surface area contributed by atoms with Crippen LogP contribution in [0.4, 0.5) is 0 Å². The fraction of sp³-hybridized carbons (Fsp3) is 0.250. The molecule has 0 aliphatic rings. The normalized spacial score (nSPS) is 10.6. The third kappa shape index (κ3) is 3.70. The van der Waals surface area contributed by atoms with Gasteiger partial charge < -0.3 is 5.32 Å². The highest BCUT2D eigenvalue weighted by molar-refractivity contribution is 9.10. The highest BCUT2D eigenvalue weighted by Gasteiger charge is 1.96. The Morgan fingerprint density at radius 1 is 1.25 bits per heavy atom. The number of aromatic nitrogens is 1. The van der Waals surface area contributed by atoms with Crippen molar-refractivity contribution < 1.29 is 0 Å². The number of rotatable bonds is 5. The van der Waals surface area contributed by atoms with Crippen LogP contribution < -0.4 is 5.32 Å². The molecule has 0 aromatic carbocycles. The molecule has 1 N–H and O–H groups in total. The third-order valence-electron chi connectivity index (χ3n) is 2.21. The fourth-order valence-corrected chi connectivity index (χ4v) is 2.52. The zero-order chi connectivity index (χ0) is 11.2. The van der Waals surface area contributed by atoms with Gasteiger partial charge in [-0.05, 0) is 45.9 Å². The molecule has 2 rings (SSSR count). The molecule has 16 heavy (non-hydrogen) atoms. The van der Waals surface area contributed by atoms with Crippen LogP contribution in [-0.4, -0.2) is 11.5 Å². The van der Waals surface area contributed by atoms with Crippen molar-refractivity contribution in [3.05, 3.63) is 50.9 Å². The second kappa shape index (κ2) is 6.13. The molecule has 0 atom stereocenters. The predicted molar refractivity (Wildman–Crippen MR) is 71.7 cm³/mol. The lowest BCUT2D eigenvalue weighted by Gasteiger charge is -2.03. The summed E-state index contributed by atoms with van der Waals surface area (Å²) in [5, 5.41) is 5.51. The van der Waals surface area contributed by atoms with Gasteiger partial charge in [-0.15, -0.1) is 11.3 Å². The summed E-state index contributed by atoms with van der Waals surface area (Å²) in [6.45, 7) is 1.82. The van der Waals surface area contributed by atoms with Crippen LogP contribution in [0.15, 0.2) is 40.3 Å². The summed E-state index contributed by atoms with van der Waals surface area (Å²) in [7, 11) is 0. The van der Waals surface area contributed by atoms with Crippen LogP contribution in [0.2, 0.25) is 0 Å². The van der Waals surface area contributed by atoms with Gasteiger partial charge in [0.05, 0.1) is 5.69 Å². The number of nitrogens with one attached hydrogen (secondary N) is 1. The molecule has 0 spiro atoms. The Bertz CT molecular complexity index is 428. The van der Waals surface area contributed by atoms with Gasteiger partial charge in [0.2, 0.25) is 0 Å². The quantitative estimate of drug-likeness (QED) is 0.677. The Balaban J connectivity index is 1.72. The third-order valence-corrected chi connectivity index (χ3v) is 3.59. The molecule has 84 valence electrons. The maximum Gasteiger partial charge on any atom is 0.106 e. The van der Waals surface area contributed by atoms with Gasteiger partial charge in [-0.25, -0.2) is 4.98 Å². The Morgan fingerprint density at radius 3 is 2.94 bits per heavy atom. The van der Waals surface area contributed by atoms with Gasteiger partial charge in [0.25, 0.3) is 0 Å². The first-order valence-corrected chi connectivity index (χ1v) is 6.86. The first kappa shape index (κ1) is 11.8. The molecular weight excluding hydrogens is 284 g/mol. The number of thiophene rings is 1. The molecule has 4 heteroatoms. The first-order chi connectivity index (χ1) is 7.84. The van der Waals surface area contributed by atoms with Crippen molar-refractivity contribution in [2.24, 2.45) is 0 Å². The molecule has 0 fully saturated rings. The molecule has 0 saturated heterocycles. The molecular formula is C12H13BrN2S. The number of hydrogen-bond donors (Lipinski definition) is 1. The minimum absolute atomic E-state index is 0.824. The van der Waals surface area contributed by atoms with Gasteiger partial charge >= 0.3 is 0 Å². The van der Waals surface area contributed by atoms with Crippen molar-refractivity contribution in [2.45, 2.75) is 13.0 Å². The summed E-state index contributed by atoms with van der Waals surface area (Å²) in [6, 6.07) is 10.2. The average molecular weight is 297 g/mol. The van der Waals surface area contributed by atoms with Crippen molar-refractivity contribution in [2.75, 3.05) is 6.54 Å². The number of nitrogens with zero attached hydrogens (tertiary/aromatic N) is 1. The van der Waals surface area contributed by atoms with Crippen LogP contribution in [0, 0.1) is 0 Å². The van der Waals surface area contributed by atoms with E-state index in [-0.39, 0.29) is 0 Å². The van der Waals surface area contributed by atoms with Crippen LogP contribution >= 0.6 is 27.3 Å². The maximum atomic E-state index is 4.36. The Labute approximate surface area is 108 Å². The number of pyridine rings is 1. The molecule has 2 nitrogen and oxygen atoms in total. The highest BCUT2D eigenvalue weighted by atomic mass is 79.9. The van der Waals surface area contributed by atoms with Gasteiger partial charge in [-0.3, -0.25) is 0 Å². The lowest BCUT2D eigenvalue weighted by molar-refractivity contribution is 0.677. The predicted octanol–water partition coefficient (Wildman–Crippen LogP) is 3.24. The van der Waals surface area contributed by atoms with Crippen molar-refractivity contribution in [3.8, 4) is 0 Å². The van der Waals surface area contributed by atoms with E-state index in [1.54, 1.807) is 0 Å². The SMILES string of the molecule is Brc1cccc(CNCCc2cccs2)n1. The summed E-state index contributed by atoms with van der Waals surface area (Å²) in [5.41, 5.74) is 1.07. The van der Waals surface area contributed by atoms with Crippen molar-refractivity contribution >= 4 is 27.3 Å².